The average Bonchev–Trinajstić information content (AvgIpc) is 2.17. The summed E-state index contributed by atoms with van der Waals surface area (Å²) >= 11 is 5.64. The van der Waals surface area contributed by atoms with Crippen molar-refractivity contribution in [2.45, 2.75) is 12.3 Å². The molecule has 2 nitrogen and oxygen atoms in total. The van der Waals surface area contributed by atoms with Crippen molar-refractivity contribution in [1.29, 1.82) is 0 Å². The molecule has 0 heterocycles. The molecule has 1 N–H and O–H groups in total. The Kier molecular flexibility index (Phi) is 4.04. The van der Waals surface area contributed by atoms with Crippen LogP contribution in [0.25, 0.3) is 0 Å². The number of hydrogen-bond donors (Lipinski definition) is 1. The van der Waals surface area contributed by atoms with Crippen molar-refractivity contribution in [2.75, 3.05) is 6.61 Å². The van der Waals surface area contributed by atoms with Crippen LogP contribution in [0.3, 0.4) is 0 Å². The Balaban J connectivity index is 3.07. The van der Waals surface area contributed by atoms with Crippen molar-refractivity contribution in [3.8, 4) is 5.75 Å². The molecule has 16 heavy (non-hydrogen) atoms. The van der Waals surface area contributed by atoms with Crippen LogP contribution in [0.5, 0.6) is 5.75 Å². The fraction of sp³-hybridized carbons (Fsp3) is 0.300. The van der Waals surface area contributed by atoms with Gasteiger partial charge in [0.1, 0.15) is 5.75 Å². The summed E-state index contributed by atoms with van der Waals surface area (Å²) in [6.07, 6.45) is -4.78. The molecule has 1 rings (SSSR count). The molecule has 1 radical (unpaired) electrons. The second-order valence-corrected chi connectivity index (χ2v) is 3.55. The molecule has 0 aliphatic carbocycles. The van der Waals surface area contributed by atoms with Crippen LogP contribution in [0.4, 0.5) is 13.2 Å². The lowest BCUT2D eigenvalue weighted by molar-refractivity contribution is -0.275. The maximum atomic E-state index is 12.1. The van der Waals surface area contributed by atoms with Crippen LogP contribution < -0.4 is 4.74 Å². The second-order valence-electron chi connectivity index (χ2n) is 3.11. The van der Waals surface area contributed by atoms with E-state index >= 15 is 0 Å². The molecule has 6 heteroatoms. The van der Waals surface area contributed by atoms with Gasteiger partial charge in [-0.1, -0.05) is 11.6 Å². The van der Waals surface area contributed by atoms with Gasteiger partial charge in [0.2, 0.25) is 0 Å². The fourth-order valence-corrected chi connectivity index (χ4v) is 1.33. The van der Waals surface area contributed by atoms with Gasteiger partial charge in [0.25, 0.3) is 0 Å². The summed E-state index contributed by atoms with van der Waals surface area (Å²) < 4.78 is 40.0. The zero-order valence-electron chi connectivity index (χ0n) is 8.09. The van der Waals surface area contributed by atoms with E-state index in [0.717, 1.165) is 6.07 Å². The standard InChI is InChI=1S/C10H9ClF3O2/c1-6(5-15)8-4-7(11)2-3-9(8)16-10(12,13)14/h2-4,6,15H,1,5H2. The Morgan fingerprint density at radius 1 is 1.44 bits per heavy atom. The predicted octanol–water partition coefficient (Wildman–Crippen LogP) is 3.15. The summed E-state index contributed by atoms with van der Waals surface area (Å²) in [7, 11) is 0. The highest BCUT2D eigenvalue weighted by atomic mass is 35.5. The molecule has 0 bridgehead atoms. The van der Waals surface area contributed by atoms with Gasteiger partial charge in [-0.05, 0) is 25.1 Å². The van der Waals surface area contributed by atoms with Crippen LogP contribution in [0.2, 0.25) is 5.02 Å². The molecule has 0 saturated heterocycles. The number of hydrogen-bond acceptors (Lipinski definition) is 2. The molecule has 0 amide bonds. The van der Waals surface area contributed by atoms with E-state index in [-0.39, 0.29) is 10.6 Å². The first kappa shape index (κ1) is 13.1. The number of ether oxygens (including phenoxy) is 1. The summed E-state index contributed by atoms with van der Waals surface area (Å²) in [5.74, 6) is -1.12. The van der Waals surface area contributed by atoms with Crippen molar-refractivity contribution in [3.63, 3.8) is 0 Å². The van der Waals surface area contributed by atoms with Crippen molar-refractivity contribution in [1.82, 2.24) is 0 Å². The summed E-state index contributed by atoms with van der Waals surface area (Å²) in [6, 6.07) is 3.66. The molecular formula is C10H9ClF3O2. The van der Waals surface area contributed by atoms with E-state index in [9.17, 15) is 13.2 Å². The zero-order valence-corrected chi connectivity index (χ0v) is 8.85. The monoisotopic (exact) mass is 253 g/mol. The van der Waals surface area contributed by atoms with Crippen LogP contribution in [0.1, 0.15) is 11.5 Å². The smallest absolute Gasteiger partial charge is 0.405 e. The first-order valence-electron chi connectivity index (χ1n) is 4.32. The maximum Gasteiger partial charge on any atom is 0.573 e. The molecule has 1 unspecified atom stereocenters. The van der Waals surface area contributed by atoms with Gasteiger partial charge < -0.3 is 9.84 Å². The molecule has 0 spiro atoms. The average molecular weight is 254 g/mol. The molecular weight excluding hydrogens is 245 g/mol. The van der Waals surface area contributed by atoms with E-state index in [1.54, 1.807) is 0 Å². The van der Waals surface area contributed by atoms with Gasteiger partial charge in [-0.15, -0.1) is 13.2 Å². The molecule has 89 valence electrons. The van der Waals surface area contributed by atoms with E-state index in [1.807, 2.05) is 0 Å². The minimum atomic E-state index is -4.78. The SMILES string of the molecule is [CH2]C(CO)c1cc(Cl)ccc1OC(F)(F)F. The largest absolute Gasteiger partial charge is 0.573 e. The zero-order chi connectivity index (χ0) is 12.3. The minimum absolute atomic E-state index is 0.118. The summed E-state index contributed by atoms with van der Waals surface area (Å²) in [5.41, 5.74) is 0.118. The maximum absolute atomic E-state index is 12.1. The van der Waals surface area contributed by atoms with Gasteiger partial charge in [-0.25, -0.2) is 0 Å². The Bertz CT molecular complexity index is 366. The number of rotatable bonds is 3. The molecule has 0 aliphatic rings. The Hall–Kier alpha value is -0.940. The quantitative estimate of drug-likeness (QED) is 0.897. The van der Waals surface area contributed by atoms with Crippen molar-refractivity contribution >= 4 is 11.6 Å². The first-order chi connectivity index (χ1) is 7.33. The number of benzene rings is 1. The lowest BCUT2D eigenvalue weighted by atomic mass is 10.0. The third kappa shape index (κ3) is 3.57. The highest BCUT2D eigenvalue weighted by Gasteiger charge is 2.32. The summed E-state index contributed by atoms with van der Waals surface area (Å²) in [5, 5.41) is 9.12. The van der Waals surface area contributed by atoms with Crippen LogP contribution in [-0.4, -0.2) is 18.1 Å². The van der Waals surface area contributed by atoms with E-state index in [0.29, 0.717) is 0 Å². The van der Waals surface area contributed by atoms with Gasteiger partial charge in [0, 0.05) is 16.5 Å². The van der Waals surface area contributed by atoms with Crippen molar-refractivity contribution in [3.05, 3.63) is 35.7 Å². The van der Waals surface area contributed by atoms with Gasteiger partial charge in [-0.3, -0.25) is 0 Å². The fourth-order valence-electron chi connectivity index (χ4n) is 1.15. The molecule has 1 aromatic rings. The Morgan fingerprint density at radius 3 is 2.56 bits per heavy atom. The van der Waals surface area contributed by atoms with Gasteiger partial charge >= 0.3 is 6.36 Å². The molecule has 1 aromatic carbocycles. The van der Waals surface area contributed by atoms with Crippen LogP contribution >= 0.6 is 11.6 Å². The lowest BCUT2D eigenvalue weighted by Gasteiger charge is -2.16. The highest BCUT2D eigenvalue weighted by molar-refractivity contribution is 6.30. The van der Waals surface area contributed by atoms with Crippen LogP contribution in [0.15, 0.2) is 18.2 Å². The topological polar surface area (TPSA) is 29.5 Å². The first-order valence-corrected chi connectivity index (χ1v) is 4.70. The lowest BCUT2D eigenvalue weighted by Crippen LogP contribution is -2.18. The molecule has 0 aromatic heterocycles. The predicted molar refractivity (Wildman–Crippen MR) is 53.3 cm³/mol. The highest BCUT2D eigenvalue weighted by Crippen LogP contribution is 2.32. The third-order valence-corrected chi connectivity index (χ3v) is 2.09. The number of aliphatic hydroxyl groups excluding tert-OH is 1. The van der Waals surface area contributed by atoms with Gasteiger partial charge in [-0.2, -0.15) is 0 Å². The Labute approximate surface area is 95.6 Å². The normalized spacial score (nSPS) is 13.6. The van der Waals surface area contributed by atoms with E-state index in [4.69, 9.17) is 16.7 Å². The second kappa shape index (κ2) is 4.93. The number of halogens is 4. The van der Waals surface area contributed by atoms with Crippen LogP contribution in [-0.2, 0) is 0 Å². The summed E-state index contributed by atoms with van der Waals surface area (Å²) in [4.78, 5) is 0. The number of alkyl halides is 3. The van der Waals surface area contributed by atoms with Crippen LogP contribution in [0, 0.1) is 6.92 Å². The third-order valence-electron chi connectivity index (χ3n) is 1.86. The molecule has 1 atom stereocenters. The van der Waals surface area contributed by atoms with E-state index in [2.05, 4.69) is 11.7 Å². The number of aliphatic hydroxyl groups is 1. The van der Waals surface area contributed by atoms with Gasteiger partial charge in [0.05, 0.1) is 6.61 Å². The van der Waals surface area contributed by atoms with Gasteiger partial charge in [0.15, 0.2) is 0 Å². The van der Waals surface area contributed by atoms with E-state index in [1.165, 1.54) is 12.1 Å². The Morgan fingerprint density at radius 2 is 2.06 bits per heavy atom. The van der Waals surface area contributed by atoms with Crippen molar-refractivity contribution in [2.24, 2.45) is 0 Å². The molecule has 0 aliphatic heterocycles. The van der Waals surface area contributed by atoms with E-state index < -0.39 is 24.6 Å². The minimum Gasteiger partial charge on any atom is -0.405 e. The molecule has 0 fully saturated rings. The summed E-state index contributed by atoms with van der Waals surface area (Å²) in [6.45, 7) is 3.11. The van der Waals surface area contributed by atoms with Crippen molar-refractivity contribution < 1.29 is 23.0 Å². The molecule has 0 saturated carbocycles.